The Morgan fingerprint density at radius 1 is 1.11 bits per heavy atom. The SMILES string of the molecule is C[Si]1(C)[CH]CCCCC1. The van der Waals surface area contributed by atoms with E-state index in [-0.39, 0.29) is 0 Å². The molecule has 0 amide bonds. The Kier molecular flexibility index (Phi) is 2.33. The highest BCUT2D eigenvalue weighted by atomic mass is 28.3. The molecule has 1 heterocycles. The van der Waals surface area contributed by atoms with E-state index < -0.39 is 8.07 Å². The van der Waals surface area contributed by atoms with Crippen LogP contribution in [0.5, 0.6) is 0 Å². The molecule has 0 aromatic rings. The number of hydrogen-bond donors (Lipinski definition) is 0. The van der Waals surface area contributed by atoms with Crippen molar-refractivity contribution in [3.63, 3.8) is 0 Å². The van der Waals surface area contributed by atoms with Gasteiger partial charge in [0.05, 0.1) is 8.07 Å². The molecule has 0 N–H and O–H groups in total. The Hall–Kier alpha value is 0.217. The van der Waals surface area contributed by atoms with Crippen molar-refractivity contribution in [3.05, 3.63) is 6.04 Å². The van der Waals surface area contributed by atoms with Crippen LogP contribution in [0.2, 0.25) is 19.1 Å². The molecule has 0 bridgehead atoms. The average Bonchev–Trinajstić information content (AvgIpc) is 1.92. The van der Waals surface area contributed by atoms with Gasteiger partial charge >= 0.3 is 0 Å². The van der Waals surface area contributed by atoms with Gasteiger partial charge in [0.2, 0.25) is 0 Å². The summed E-state index contributed by atoms with van der Waals surface area (Å²) < 4.78 is 0. The second-order valence-corrected chi connectivity index (χ2v) is 8.68. The third-order valence-corrected chi connectivity index (χ3v) is 5.26. The monoisotopic (exact) mass is 141 g/mol. The van der Waals surface area contributed by atoms with Crippen LogP contribution in [0.25, 0.3) is 0 Å². The summed E-state index contributed by atoms with van der Waals surface area (Å²) in [5.74, 6) is 0. The van der Waals surface area contributed by atoms with Gasteiger partial charge in [-0.15, -0.1) is 0 Å². The van der Waals surface area contributed by atoms with E-state index in [0.717, 1.165) is 0 Å². The van der Waals surface area contributed by atoms with Gasteiger partial charge in [0, 0.05) is 0 Å². The smallest absolute Gasteiger partial charge is 0.0504 e. The quantitative estimate of drug-likeness (QED) is 0.455. The fourth-order valence-electron chi connectivity index (χ4n) is 1.50. The molecular formula is C8H17Si. The zero-order chi connectivity index (χ0) is 6.74. The Morgan fingerprint density at radius 2 is 1.89 bits per heavy atom. The fourth-order valence-corrected chi connectivity index (χ4v) is 3.85. The molecule has 0 aromatic heterocycles. The fraction of sp³-hybridized carbons (Fsp3) is 0.875. The zero-order valence-electron chi connectivity index (χ0n) is 6.61. The number of hydrogen-bond acceptors (Lipinski definition) is 0. The molecule has 0 atom stereocenters. The van der Waals surface area contributed by atoms with Crippen molar-refractivity contribution < 1.29 is 0 Å². The van der Waals surface area contributed by atoms with Gasteiger partial charge in [-0.25, -0.2) is 0 Å². The summed E-state index contributed by atoms with van der Waals surface area (Å²) in [4.78, 5) is 0. The minimum absolute atomic E-state index is 0.766. The summed E-state index contributed by atoms with van der Waals surface area (Å²) in [6, 6.07) is 4.16. The van der Waals surface area contributed by atoms with Crippen molar-refractivity contribution in [1.82, 2.24) is 0 Å². The molecule has 1 fully saturated rings. The minimum atomic E-state index is -0.766. The van der Waals surface area contributed by atoms with Crippen LogP contribution in [0, 0.1) is 6.04 Å². The van der Waals surface area contributed by atoms with E-state index in [4.69, 9.17) is 0 Å². The third-order valence-electron chi connectivity index (χ3n) is 2.22. The molecule has 1 aliphatic heterocycles. The van der Waals surface area contributed by atoms with Gasteiger partial charge in [-0.1, -0.05) is 44.8 Å². The van der Waals surface area contributed by atoms with Crippen molar-refractivity contribution in [2.75, 3.05) is 0 Å². The van der Waals surface area contributed by atoms with Gasteiger partial charge in [-0.2, -0.15) is 0 Å². The first-order valence-electron chi connectivity index (χ1n) is 4.05. The van der Waals surface area contributed by atoms with E-state index in [0.29, 0.717) is 0 Å². The third kappa shape index (κ3) is 2.52. The molecule has 1 saturated heterocycles. The number of rotatable bonds is 0. The van der Waals surface area contributed by atoms with Crippen molar-refractivity contribution in [3.8, 4) is 0 Å². The standard InChI is InChI=1S/C8H17Si/c1-9(2)7-5-3-4-6-8-9/h7H,3-6,8H2,1-2H3. The van der Waals surface area contributed by atoms with E-state index in [1.54, 1.807) is 0 Å². The van der Waals surface area contributed by atoms with E-state index in [2.05, 4.69) is 19.1 Å². The second-order valence-electron chi connectivity index (χ2n) is 3.79. The van der Waals surface area contributed by atoms with Crippen molar-refractivity contribution in [2.24, 2.45) is 0 Å². The molecule has 1 rings (SSSR count). The molecular weight excluding hydrogens is 124 g/mol. The average molecular weight is 141 g/mol. The summed E-state index contributed by atoms with van der Waals surface area (Å²) in [5, 5.41) is 0. The van der Waals surface area contributed by atoms with Crippen LogP contribution in [0.4, 0.5) is 0 Å². The maximum absolute atomic E-state index is 2.62. The van der Waals surface area contributed by atoms with Gasteiger partial charge in [-0.05, 0) is 6.04 Å². The van der Waals surface area contributed by atoms with Crippen LogP contribution < -0.4 is 0 Å². The van der Waals surface area contributed by atoms with Crippen molar-refractivity contribution in [2.45, 2.75) is 44.8 Å². The van der Waals surface area contributed by atoms with Crippen LogP contribution in [-0.2, 0) is 0 Å². The summed E-state index contributed by atoms with van der Waals surface area (Å²) in [6.07, 6.45) is 5.83. The van der Waals surface area contributed by atoms with Crippen LogP contribution in [0.15, 0.2) is 0 Å². The molecule has 0 saturated carbocycles. The maximum Gasteiger partial charge on any atom is 0.0504 e. The van der Waals surface area contributed by atoms with Crippen LogP contribution in [0.1, 0.15) is 25.7 Å². The first-order chi connectivity index (χ1) is 4.21. The lowest BCUT2D eigenvalue weighted by Gasteiger charge is -2.17. The summed E-state index contributed by atoms with van der Waals surface area (Å²) >= 11 is 0. The molecule has 0 spiro atoms. The minimum Gasteiger partial charge on any atom is -0.0691 e. The molecule has 9 heavy (non-hydrogen) atoms. The Bertz CT molecular complexity index is 76.6. The van der Waals surface area contributed by atoms with Crippen LogP contribution in [0.3, 0.4) is 0 Å². The Labute approximate surface area is 59.7 Å². The van der Waals surface area contributed by atoms with E-state index in [1.807, 2.05) is 0 Å². The van der Waals surface area contributed by atoms with E-state index >= 15 is 0 Å². The Morgan fingerprint density at radius 3 is 2.67 bits per heavy atom. The summed E-state index contributed by atoms with van der Waals surface area (Å²) in [5.41, 5.74) is 0. The van der Waals surface area contributed by atoms with E-state index in [9.17, 15) is 0 Å². The maximum atomic E-state index is 2.62. The molecule has 1 radical (unpaired) electrons. The van der Waals surface area contributed by atoms with Crippen molar-refractivity contribution in [1.29, 1.82) is 0 Å². The molecule has 0 nitrogen and oxygen atoms in total. The highest BCUT2D eigenvalue weighted by Gasteiger charge is 2.21. The summed E-state index contributed by atoms with van der Waals surface area (Å²) in [7, 11) is -0.766. The lowest BCUT2D eigenvalue weighted by atomic mass is 10.2. The van der Waals surface area contributed by atoms with Crippen LogP contribution >= 0.6 is 0 Å². The first-order valence-corrected chi connectivity index (χ1v) is 7.33. The van der Waals surface area contributed by atoms with Crippen molar-refractivity contribution >= 4 is 8.07 Å². The summed E-state index contributed by atoms with van der Waals surface area (Å²) in [6.45, 7) is 4.97. The van der Waals surface area contributed by atoms with Gasteiger partial charge in [0.1, 0.15) is 0 Å². The molecule has 1 aliphatic rings. The predicted molar refractivity (Wildman–Crippen MR) is 45.1 cm³/mol. The van der Waals surface area contributed by atoms with Gasteiger partial charge < -0.3 is 0 Å². The van der Waals surface area contributed by atoms with Gasteiger partial charge in [-0.3, -0.25) is 0 Å². The normalized spacial score (nSPS) is 27.3. The largest absolute Gasteiger partial charge is 0.0691 e. The lowest BCUT2D eigenvalue weighted by molar-refractivity contribution is 0.737. The second kappa shape index (κ2) is 2.87. The predicted octanol–water partition coefficient (Wildman–Crippen LogP) is 3.01. The van der Waals surface area contributed by atoms with Crippen LogP contribution in [-0.4, -0.2) is 8.07 Å². The van der Waals surface area contributed by atoms with Gasteiger partial charge in [0.15, 0.2) is 0 Å². The zero-order valence-corrected chi connectivity index (χ0v) is 7.61. The molecule has 0 aliphatic carbocycles. The highest BCUT2D eigenvalue weighted by Crippen LogP contribution is 2.24. The lowest BCUT2D eigenvalue weighted by Crippen LogP contribution is -2.24. The Balaban J connectivity index is 2.36. The van der Waals surface area contributed by atoms with Gasteiger partial charge in [0.25, 0.3) is 0 Å². The molecule has 1 heteroatoms. The topological polar surface area (TPSA) is 0 Å². The molecule has 0 aromatic carbocycles. The highest BCUT2D eigenvalue weighted by molar-refractivity contribution is 6.80. The van der Waals surface area contributed by atoms with E-state index in [1.165, 1.54) is 31.7 Å². The first kappa shape index (κ1) is 7.33. The molecule has 53 valence electrons. The molecule has 0 unspecified atom stereocenters.